The van der Waals surface area contributed by atoms with Crippen LogP contribution in [0.25, 0.3) is 0 Å². The molecule has 1 N–H and O–H groups in total. The number of aliphatic carboxylic acids is 1. The smallest absolute Gasteiger partial charge is 0.303 e. The van der Waals surface area contributed by atoms with Gasteiger partial charge in [0.25, 0.3) is 0 Å². The van der Waals surface area contributed by atoms with E-state index in [9.17, 15) is 9.59 Å². The van der Waals surface area contributed by atoms with Gasteiger partial charge in [-0.1, -0.05) is 74.7 Å². The number of Topliss-reactive ketones (excluding diaryl/α,β-unsaturated/α-hetero) is 1. The average Bonchev–Trinajstić information content (AvgIpc) is 3.25. The van der Waals surface area contributed by atoms with Crippen LogP contribution in [0.3, 0.4) is 0 Å². The Bertz CT molecular complexity index is 716. The molecule has 0 aliphatic heterocycles. The van der Waals surface area contributed by atoms with E-state index in [1.807, 2.05) is 13.8 Å². The highest BCUT2D eigenvalue weighted by Crippen LogP contribution is 2.69. The molecule has 3 heteroatoms. The van der Waals surface area contributed by atoms with Crippen molar-refractivity contribution in [2.45, 2.75) is 152 Å². The van der Waals surface area contributed by atoms with Crippen LogP contribution in [0.2, 0.25) is 0 Å². The quantitative estimate of drug-likeness (QED) is 0.348. The van der Waals surface area contributed by atoms with Crippen molar-refractivity contribution in [1.82, 2.24) is 0 Å². The van der Waals surface area contributed by atoms with Gasteiger partial charge < -0.3 is 5.11 Å². The molecule has 4 aliphatic rings. The molecule has 0 saturated heterocycles. The van der Waals surface area contributed by atoms with Crippen molar-refractivity contribution in [2.75, 3.05) is 0 Å². The van der Waals surface area contributed by atoms with Gasteiger partial charge in [0, 0.05) is 18.8 Å². The van der Waals surface area contributed by atoms with E-state index in [1.54, 1.807) is 13.3 Å². The second kappa shape index (κ2) is 14.5. The molecule has 0 radical (unpaired) electrons. The maximum atomic E-state index is 12.3. The third kappa shape index (κ3) is 7.02. The molecular formula is C34H62O3. The Morgan fingerprint density at radius 1 is 0.892 bits per heavy atom. The number of hydrogen-bond donors (Lipinski definition) is 1. The van der Waals surface area contributed by atoms with Crippen LogP contribution in [0, 0.1) is 52.3 Å². The van der Waals surface area contributed by atoms with Crippen LogP contribution in [0.5, 0.6) is 0 Å². The van der Waals surface area contributed by atoms with Gasteiger partial charge in [0.2, 0.25) is 0 Å². The second-order valence-corrected chi connectivity index (χ2v) is 13.4. The summed E-state index contributed by atoms with van der Waals surface area (Å²) >= 11 is 0. The molecule has 8 unspecified atom stereocenters. The fourth-order valence-corrected chi connectivity index (χ4v) is 9.60. The highest BCUT2D eigenvalue weighted by molar-refractivity contribution is 5.80. The first kappa shape index (κ1) is 32.4. The van der Waals surface area contributed by atoms with Gasteiger partial charge in [-0.3, -0.25) is 9.59 Å². The van der Waals surface area contributed by atoms with Gasteiger partial charge in [0.05, 0.1) is 0 Å². The van der Waals surface area contributed by atoms with Crippen molar-refractivity contribution in [1.29, 1.82) is 0 Å². The molecule has 4 rings (SSSR count). The highest BCUT2D eigenvalue weighted by Gasteiger charge is 2.60. The minimum absolute atomic E-state index is 0.222. The molecule has 37 heavy (non-hydrogen) atoms. The van der Waals surface area contributed by atoms with E-state index in [2.05, 4.69) is 34.6 Å². The minimum Gasteiger partial charge on any atom is -0.481 e. The van der Waals surface area contributed by atoms with Crippen LogP contribution in [0.4, 0.5) is 0 Å². The minimum atomic E-state index is -0.745. The van der Waals surface area contributed by atoms with E-state index in [0.29, 0.717) is 16.6 Å². The van der Waals surface area contributed by atoms with E-state index in [4.69, 9.17) is 5.11 Å². The molecule has 3 nitrogen and oxygen atoms in total. The molecule has 216 valence electrons. The average molecular weight is 519 g/mol. The molecule has 4 saturated carbocycles. The van der Waals surface area contributed by atoms with E-state index in [-0.39, 0.29) is 12.3 Å². The van der Waals surface area contributed by atoms with E-state index in [1.165, 1.54) is 64.2 Å². The number of carboxylic acid groups (broad SMARTS) is 1. The monoisotopic (exact) mass is 518 g/mol. The zero-order chi connectivity index (χ0) is 27.8. The first-order valence-corrected chi connectivity index (χ1v) is 16.4. The fourth-order valence-electron chi connectivity index (χ4n) is 9.60. The molecule has 0 bridgehead atoms. The van der Waals surface area contributed by atoms with Crippen molar-refractivity contribution in [3.8, 4) is 0 Å². The topological polar surface area (TPSA) is 54.4 Å². The molecular weight excluding hydrogens is 456 g/mol. The highest BCUT2D eigenvalue weighted by atomic mass is 16.4. The first-order valence-electron chi connectivity index (χ1n) is 16.4. The summed E-state index contributed by atoms with van der Waals surface area (Å²) in [6, 6.07) is 0. The Morgan fingerprint density at radius 3 is 2.14 bits per heavy atom. The third-order valence-corrected chi connectivity index (χ3v) is 11.9. The summed E-state index contributed by atoms with van der Waals surface area (Å²) in [5, 5.41) is 7.72. The largest absolute Gasteiger partial charge is 0.481 e. The van der Waals surface area contributed by atoms with E-state index in [0.717, 1.165) is 54.8 Å². The summed E-state index contributed by atoms with van der Waals surface area (Å²) in [5.41, 5.74) is 1.21. The summed E-state index contributed by atoms with van der Waals surface area (Å²) in [7, 11) is 0. The van der Waals surface area contributed by atoms with Crippen LogP contribution in [0.1, 0.15) is 152 Å². The molecule has 4 fully saturated rings. The number of rotatable bonds is 8. The number of carbonyl (C=O) groups is 2. The van der Waals surface area contributed by atoms with Crippen LogP contribution in [-0.2, 0) is 9.59 Å². The SMILES string of the molecule is CC.CCC(=O)O.CCC(C)C(=O)CCCC1CCC2C3C[C@H](CC)C4CCCCC4(C)C3CCC12C. The van der Waals surface area contributed by atoms with E-state index < -0.39 is 5.97 Å². The molecule has 9 atom stereocenters. The summed E-state index contributed by atoms with van der Waals surface area (Å²) in [6.45, 7) is 17.7. The maximum Gasteiger partial charge on any atom is 0.303 e. The lowest BCUT2D eigenvalue weighted by molar-refractivity contribution is -0.136. The maximum absolute atomic E-state index is 12.3. The third-order valence-electron chi connectivity index (χ3n) is 11.9. The van der Waals surface area contributed by atoms with Gasteiger partial charge >= 0.3 is 5.97 Å². The van der Waals surface area contributed by atoms with Crippen LogP contribution in [0.15, 0.2) is 0 Å². The van der Waals surface area contributed by atoms with Crippen molar-refractivity contribution in [3.63, 3.8) is 0 Å². The molecule has 0 aromatic carbocycles. The van der Waals surface area contributed by atoms with Gasteiger partial charge in [0.15, 0.2) is 0 Å². The second-order valence-electron chi connectivity index (χ2n) is 13.4. The van der Waals surface area contributed by atoms with Crippen LogP contribution in [-0.4, -0.2) is 16.9 Å². The lowest BCUT2D eigenvalue weighted by atomic mass is 9.42. The first-order chi connectivity index (χ1) is 17.6. The summed E-state index contributed by atoms with van der Waals surface area (Å²) in [6.07, 6.45) is 19.4. The van der Waals surface area contributed by atoms with Crippen molar-refractivity contribution < 1.29 is 14.7 Å². The van der Waals surface area contributed by atoms with E-state index >= 15 is 0 Å². The number of carboxylic acids is 1. The number of carbonyl (C=O) groups excluding carboxylic acids is 1. The summed E-state index contributed by atoms with van der Waals surface area (Å²) in [5.74, 6) is 5.90. The van der Waals surface area contributed by atoms with Gasteiger partial charge in [-0.2, -0.15) is 0 Å². The van der Waals surface area contributed by atoms with Crippen molar-refractivity contribution in [3.05, 3.63) is 0 Å². The van der Waals surface area contributed by atoms with Gasteiger partial charge in [0.1, 0.15) is 5.78 Å². The summed E-state index contributed by atoms with van der Waals surface area (Å²) < 4.78 is 0. The predicted octanol–water partition coefficient (Wildman–Crippen LogP) is 9.96. The van der Waals surface area contributed by atoms with Gasteiger partial charge in [-0.15, -0.1) is 0 Å². The standard InChI is InChI=1S/C29H50O.C3H6O2.C2H6/c1-6-20(3)27(30)13-10-11-22-14-15-25-23-19-21(7-2)24-12-8-9-17-29(24,5)26(23)16-18-28(22,25)4;1-2-3(4)5;1-2/h20-26H,6-19H2,1-5H3;2H2,1H3,(H,4,5);1-2H3/t20?,21-,22?,23?,24?,25?,26?,28?,29?;;/m0../s1. The van der Waals surface area contributed by atoms with Gasteiger partial charge in [-0.05, 0) is 111 Å². The normalized spacial score (nSPS) is 38.9. The zero-order valence-electron chi connectivity index (χ0n) is 25.9. The fraction of sp³-hybridized carbons (Fsp3) is 0.941. The van der Waals surface area contributed by atoms with Crippen LogP contribution >= 0.6 is 0 Å². The molecule has 4 aliphatic carbocycles. The van der Waals surface area contributed by atoms with Gasteiger partial charge in [-0.25, -0.2) is 0 Å². The Labute approximate surface area is 230 Å². The zero-order valence-corrected chi connectivity index (χ0v) is 25.9. The Kier molecular flexibility index (Phi) is 12.7. The predicted molar refractivity (Wildman–Crippen MR) is 157 cm³/mol. The molecule has 0 aromatic heterocycles. The molecule has 0 spiro atoms. The number of fused-ring (bicyclic) bond motifs is 5. The number of hydrogen-bond acceptors (Lipinski definition) is 2. The lowest BCUT2D eigenvalue weighted by Gasteiger charge is -2.62. The Morgan fingerprint density at radius 2 is 1.54 bits per heavy atom. The number of ketones is 1. The molecule has 0 aromatic rings. The Hall–Kier alpha value is -0.860. The van der Waals surface area contributed by atoms with Crippen LogP contribution < -0.4 is 0 Å². The van der Waals surface area contributed by atoms with Crippen molar-refractivity contribution in [2.24, 2.45) is 52.3 Å². The Balaban J connectivity index is 0.000000617. The lowest BCUT2D eigenvalue weighted by Crippen LogP contribution is -2.55. The molecule has 0 heterocycles. The molecule has 0 amide bonds. The van der Waals surface area contributed by atoms with Crippen molar-refractivity contribution >= 4 is 11.8 Å². The summed E-state index contributed by atoms with van der Waals surface area (Å²) in [4.78, 5) is 21.7.